The maximum Gasteiger partial charge on any atom is 0.180 e. The fraction of sp³-hybridized carbons (Fsp3) is 0.308. The predicted molar refractivity (Wildman–Crippen MR) is 74.1 cm³/mol. The number of halogens is 1. The average Bonchev–Trinajstić information content (AvgIpc) is 2.75. The number of nitrogens with zero attached hydrogens (tertiary/aromatic N) is 2. The highest BCUT2D eigenvalue weighted by atomic mass is 32.1. The zero-order valence-corrected chi connectivity index (χ0v) is 11.2. The van der Waals surface area contributed by atoms with Crippen LogP contribution in [0.4, 0.5) is 9.52 Å². The van der Waals surface area contributed by atoms with E-state index in [2.05, 4.69) is 4.98 Å². The first kappa shape index (κ1) is 13.9. The van der Waals surface area contributed by atoms with Crippen molar-refractivity contribution < 1.29 is 9.50 Å². The molecular weight excluding hydrogens is 265 g/mol. The van der Waals surface area contributed by atoms with Crippen LogP contribution in [0.1, 0.15) is 10.4 Å². The van der Waals surface area contributed by atoms with Gasteiger partial charge in [0.2, 0.25) is 0 Å². The van der Waals surface area contributed by atoms with Gasteiger partial charge in [-0.25, -0.2) is 9.37 Å². The minimum atomic E-state index is -0.247. The number of hydrogen-bond donors (Lipinski definition) is 2. The molecule has 1 aromatic carbocycles. The standard InChI is InChI=1S/C13H16FN3OS/c14-11-3-1-2-10(6-11)8-17(4-5-18)9-12-7-16-13(15)19-12/h1-3,6-7,18H,4-5,8-9H2,(H2,15,16). The Kier molecular flexibility index (Phi) is 4.84. The maximum absolute atomic E-state index is 13.1. The Morgan fingerprint density at radius 2 is 2.21 bits per heavy atom. The number of rotatable bonds is 6. The van der Waals surface area contributed by atoms with Gasteiger partial charge in [-0.3, -0.25) is 4.90 Å². The van der Waals surface area contributed by atoms with Crippen LogP contribution in [-0.4, -0.2) is 28.1 Å². The maximum atomic E-state index is 13.1. The lowest BCUT2D eigenvalue weighted by Crippen LogP contribution is -2.25. The van der Waals surface area contributed by atoms with Crippen LogP contribution in [0, 0.1) is 5.82 Å². The zero-order chi connectivity index (χ0) is 13.7. The van der Waals surface area contributed by atoms with Crippen LogP contribution in [0.5, 0.6) is 0 Å². The largest absolute Gasteiger partial charge is 0.395 e. The lowest BCUT2D eigenvalue weighted by molar-refractivity contribution is 0.185. The molecular formula is C13H16FN3OS. The van der Waals surface area contributed by atoms with E-state index in [9.17, 15) is 4.39 Å². The van der Waals surface area contributed by atoms with Gasteiger partial charge in [0.1, 0.15) is 5.82 Å². The molecule has 1 heterocycles. The molecule has 6 heteroatoms. The Morgan fingerprint density at radius 1 is 1.37 bits per heavy atom. The molecule has 2 rings (SSSR count). The third-order valence-electron chi connectivity index (χ3n) is 2.66. The van der Waals surface area contributed by atoms with Gasteiger partial charge in [0, 0.05) is 30.7 Å². The van der Waals surface area contributed by atoms with Crippen molar-refractivity contribution in [2.75, 3.05) is 18.9 Å². The molecule has 0 bridgehead atoms. The summed E-state index contributed by atoms with van der Waals surface area (Å²) < 4.78 is 13.1. The van der Waals surface area contributed by atoms with Crippen LogP contribution < -0.4 is 5.73 Å². The molecule has 0 radical (unpaired) electrons. The number of nitrogen functional groups attached to an aromatic ring is 1. The summed E-state index contributed by atoms with van der Waals surface area (Å²) in [4.78, 5) is 7.06. The van der Waals surface area contributed by atoms with Crippen molar-refractivity contribution in [1.29, 1.82) is 0 Å². The van der Waals surface area contributed by atoms with E-state index in [0.29, 0.717) is 24.8 Å². The van der Waals surface area contributed by atoms with Gasteiger partial charge in [0.05, 0.1) is 6.61 Å². The number of anilines is 1. The number of hydrogen-bond acceptors (Lipinski definition) is 5. The molecule has 0 saturated heterocycles. The summed E-state index contributed by atoms with van der Waals surface area (Å²) in [5.74, 6) is -0.247. The highest BCUT2D eigenvalue weighted by molar-refractivity contribution is 7.15. The minimum Gasteiger partial charge on any atom is -0.395 e. The highest BCUT2D eigenvalue weighted by Gasteiger charge is 2.09. The first-order valence-corrected chi connectivity index (χ1v) is 6.77. The second kappa shape index (κ2) is 6.60. The molecule has 0 atom stereocenters. The molecule has 2 aromatic rings. The van der Waals surface area contributed by atoms with Crippen LogP contribution >= 0.6 is 11.3 Å². The summed E-state index contributed by atoms with van der Waals surface area (Å²) in [6.07, 6.45) is 1.73. The van der Waals surface area contributed by atoms with Crippen LogP contribution in [0.25, 0.3) is 0 Å². The summed E-state index contributed by atoms with van der Waals surface area (Å²) in [5.41, 5.74) is 6.47. The summed E-state index contributed by atoms with van der Waals surface area (Å²) in [6, 6.07) is 6.48. The summed E-state index contributed by atoms with van der Waals surface area (Å²) >= 11 is 1.42. The van der Waals surface area contributed by atoms with Crippen LogP contribution in [0.15, 0.2) is 30.5 Å². The Morgan fingerprint density at radius 3 is 2.84 bits per heavy atom. The zero-order valence-electron chi connectivity index (χ0n) is 10.4. The molecule has 0 spiro atoms. The van der Waals surface area contributed by atoms with Gasteiger partial charge in [0.15, 0.2) is 5.13 Å². The number of nitrogens with two attached hydrogens (primary N) is 1. The molecule has 0 aliphatic rings. The Balaban J connectivity index is 2.03. The lowest BCUT2D eigenvalue weighted by atomic mass is 10.2. The molecule has 0 unspecified atom stereocenters. The Bertz CT molecular complexity index is 532. The SMILES string of the molecule is Nc1ncc(CN(CCO)Cc2cccc(F)c2)s1. The molecule has 0 aliphatic heterocycles. The monoisotopic (exact) mass is 281 g/mol. The van der Waals surface area contributed by atoms with Gasteiger partial charge < -0.3 is 10.8 Å². The molecule has 19 heavy (non-hydrogen) atoms. The van der Waals surface area contributed by atoms with Gasteiger partial charge in [0.25, 0.3) is 0 Å². The van der Waals surface area contributed by atoms with Crippen molar-refractivity contribution >= 4 is 16.5 Å². The van der Waals surface area contributed by atoms with Gasteiger partial charge in [-0.05, 0) is 17.7 Å². The van der Waals surface area contributed by atoms with Crippen LogP contribution in [0.3, 0.4) is 0 Å². The van der Waals surface area contributed by atoms with E-state index in [4.69, 9.17) is 10.8 Å². The summed E-state index contributed by atoms with van der Waals surface area (Å²) in [6.45, 7) is 1.81. The van der Waals surface area contributed by atoms with Crippen molar-refractivity contribution in [2.45, 2.75) is 13.1 Å². The second-order valence-corrected chi connectivity index (χ2v) is 5.38. The van der Waals surface area contributed by atoms with Crippen molar-refractivity contribution in [3.8, 4) is 0 Å². The minimum absolute atomic E-state index is 0.0591. The normalized spacial score (nSPS) is 11.1. The molecule has 0 fully saturated rings. The van der Waals surface area contributed by atoms with Gasteiger partial charge in [-0.2, -0.15) is 0 Å². The third kappa shape index (κ3) is 4.27. The Hall–Kier alpha value is -1.50. The first-order valence-electron chi connectivity index (χ1n) is 5.95. The molecule has 0 amide bonds. The molecule has 3 N–H and O–H groups in total. The van der Waals surface area contributed by atoms with E-state index in [-0.39, 0.29) is 12.4 Å². The average molecular weight is 281 g/mol. The number of aliphatic hydroxyl groups is 1. The smallest absolute Gasteiger partial charge is 0.180 e. The van der Waals surface area contributed by atoms with E-state index in [0.717, 1.165) is 10.4 Å². The van der Waals surface area contributed by atoms with Crippen molar-refractivity contribution in [3.05, 3.63) is 46.7 Å². The van der Waals surface area contributed by atoms with Gasteiger partial charge in [-0.15, -0.1) is 11.3 Å². The molecule has 4 nitrogen and oxygen atoms in total. The topological polar surface area (TPSA) is 62.4 Å². The molecule has 1 aromatic heterocycles. The predicted octanol–water partition coefficient (Wildman–Crippen LogP) is 1.86. The van der Waals surface area contributed by atoms with E-state index in [1.807, 2.05) is 11.0 Å². The van der Waals surface area contributed by atoms with E-state index in [1.165, 1.54) is 23.5 Å². The van der Waals surface area contributed by atoms with Gasteiger partial charge >= 0.3 is 0 Å². The second-order valence-electron chi connectivity index (χ2n) is 4.23. The van der Waals surface area contributed by atoms with Crippen molar-refractivity contribution in [3.63, 3.8) is 0 Å². The molecule has 0 saturated carbocycles. The number of thiazole rings is 1. The number of aliphatic hydroxyl groups excluding tert-OH is 1. The van der Waals surface area contributed by atoms with E-state index in [1.54, 1.807) is 12.3 Å². The third-order valence-corrected chi connectivity index (χ3v) is 3.47. The quantitative estimate of drug-likeness (QED) is 0.848. The molecule has 102 valence electrons. The van der Waals surface area contributed by atoms with Crippen LogP contribution in [0.2, 0.25) is 0 Å². The van der Waals surface area contributed by atoms with E-state index >= 15 is 0 Å². The van der Waals surface area contributed by atoms with Gasteiger partial charge in [-0.1, -0.05) is 12.1 Å². The highest BCUT2D eigenvalue weighted by Crippen LogP contribution is 2.18. The Labute approximate surface area is 115 Å². The fourth-order valence-corrected chi connectivity index (χ4v) is 2.59. The summed E-state index contributed by atoms with van der Waals surface area (Å²) in [7, 11) is 0. The number of aromatic nitrogens is 1. The summed E-state index contributed by atoms with van der Waals surface area (Å²) in [5, 5.41) is 9.63. The van der Waals surface area contributed by atoms with Crippen LogP contribution in [-0.2, 0) is 13.1 Å². The van der Waals surface area contributed by atoms with E-state index < -0.39 is 0 Å². The first-order chi connectivity index (χ1) is 9.17. The lowest BCUT2D eigenvalue weighted by Gasteiger charge is -2.20. The number of benzene rings is 1. The van der Waals surface area contributed by atoms with Crippen molar-refractivity contribution in [2.24, 2.45) is 0 Å². The fourth-order valence-electron chi connectivity index (χ4n) is 1.87. The molecule has 0 aliphatic carbocycles. The van der Waals surface area contributed by atoms with Crippen molar-refractivity contribution in [1.82, 2.24) is 9.88 Å².